The molecule has 0 spiro atoms. The zero-order chi connectivity index (χ0) is 9.14. The second-order valence-corrected chi connectivity index (χ2v) is 3.33. The van der Waals surface area contributed by atoms with Gasteiger partial charge in [-0.1, -0.05) is 10.8 Å². The van der Waals surface area contributed by atoms with Crippen LogP contribution < -0.4 is 5.73 Å². The number of carbonyl (C=O) groups excluding carboxylic acids is 1. The summed E-state index contributed by atoms with van der Waals surface area (Å²) in [6.45, 7) is 0. The van der Waals surface area contributed by atoms with Crippen molar-refractivity contribution in [1.82, 2.24) is 0 Å². The molecular formula is C7H6FNOS2. The number of nitrogens with two attached hydrogens (primary N) is 1. The lowest BCUT2D eigenvalue weighted by Gasteiger charge is -1.98. The number of thiol groups is 1. The Morgan fingerprint density at radius 3 is 2.67 bits per heavy atom. The summed E-state index contributed by atoms with van der Waals surface area (Å²) in [7, 11) is 1.06. The van der Waals surface area contributed by atoms with Gasteiger partial charge in [0, 0.05) is 10.5 Å². The van der Waals surface area contributed by atoms with E-state index in [1.54, 1.807) is 0 Å². The molecule has 0 aliphatic heterocycles. The van der Waals surface area contributed by atoms with Gasteiger partial charge in [-0.3, -0.25) is 4.79 Å². The first-order chi connectivity index (χ1) is 5.63. The monoisotopic (exact) mass is 203 g/mol. The Hall–Kier alpha value is -0.680. The van der Waals surface area contributed by atoms with Crippen molar-refractivity contribution in [3.63, 3.8) is 0 Å². The van der Waals surface area contributed by atoms with E-state index in [4.69, 9.17) is 5.73 Å². The smallest absolute Gasteiger partial charge is 0.248 e. The topological polar surface area (TPSA) is 43.1 Å². The van der Waals surface area contributed by atoms with E-state index in [9.17, 15) is 9.18 Å². The van der Waals surface area contributed by atoms with Gasteiger partial charge in [-0.05, 0) is 18.2 Å². The van der Waals surface area contributed by atoms with Gasteiger partial charge in [0.05, 0.1) is 0 Å². The summed E-state index contributed by atoms with van der Waals surface area (Å²) >= 11 is 3.87. The predicted molar refractivity (Wildman–Crippen MR) is 49.8 cm³/mol. The number of hydrogen-bond donors (Lipinski definition) is 2. The maximum atomic E-state index is 12.7. The van der Waals surface area contributed by atoms with Gasteiger partial charge in [0.1, 0.15) is 5.82 Å². The summed E-state index contributed by atoms with van der Waals surface area (Å²) in [6.07, 6.45) is 0. The minimum atomic E-state index is -0.641. The molecule has 0 saturated carbocycles. The highest BCUT2D eigenvalue weighted by Crippen LogP contribution is 2.23. The van der Waals surface area contributed by atoms with Crippen LogP contribution in [0.2, 0.25) is 0 Å². The quantitative estimate of drug-likeness (QED) is 0.569. The molecule has 2 N–H and O–H groups in total. The van der Waals surface area contributed by atoms with Crippen molar-refractivity contribution in [3.05, 3.63) is 29.6 Å². The summed E-state index contributed by atoms with van der Waals surface area (Å²) in [5.41, 5.74) is 5.13. The minimum Gasteiger partial charge on any atom is -0.366 e. The molecule has 0 heterocycles. The zero-order valence-corrected chi connectivity index (χ0v) is 7.66. The van der Waals surface area contributed by atoms with Gasteiger partial charge in [-0.25, -0.2) is 4.39 Å². The number of halogens is 1. The first-order valence-electron chi connectivity index (χ1n) is 3.05. The molecule has 1 amide bonds. The van der Waals surface area contributed by atoms with Crippen LogP contribution in [0.1, 0.15) is 10.4 Å². The lowest BCUT2D eigenvalue weighted by atomic mass is 10.2. The summed E-state index contributed by atoms with van der Waals surface area (Å²) in [4.78, 5) is 11.2. The van der Waals surface area contributed by atoms with Crippen LogP contribution in [0.15, 0.2) is 23.1 Å². The molecular weight excluding hydrogens is 197 g/mol. The van der Waals surface area contributed by atoms with Crippen LogP contribution in [-0.4, -0.2) is 5.91 Å². The van der Waals surface area contributed by atoms with Crippen LogP contribution in [0, 0.1) is 5.82 Å². The van der Waals surface area contributed by atoms with E-state index >= 15 is 0 Å². The van der Waals surface area contributed by atoms with Gasteiger partial charge < -0.3 is 5.73 Å². The minimum absolute atomic E-state index is 0.159. The van der Waals surface area contributed by atoms with E-state index in [2.05, 4.69) is 11.7 Å². The zero-order valence-electron chi connectivity index (χ0n) is 5.95. The van der Waals surface area contributed by atoms with Gasteiger partial charge in [-0.15, -0.1) is 11.7 Å². The normalized spacial score (nSPS) is 9.83. The fourth-order valence-electron chi connectivity index (χ4n) is 0.758. The van der Waals surface area contributed by atoms with Gasteiger partial charge in [0.2, 0.25) is 5.91 Å². The lowest BCUT2D eigenvalue weighted by Crippen LogP contribution is -2.11. The Morgan fingerprint density at radius 1 is 1.50 bits per heavy atom. The van der Waals surface area contributed by atoms with Crippen LogP contribution in [-0.2, 0) is 0 Å². The van der Waals surface area contributed by atoms with Crippen molar-refractivity contribution in [2.24, 2.45) is 5.73 Å². The molecule has 5 heteroatoms. The first-order valence-corrected chi connectivity index (χ1v) is 4.92. The Labute approximate surface area is 78.1 Å². The van der Waals surface area contributed by atoms with Gasteiger partial charge in [0.15, 0.2) is 0 Å². The Balaban J connectivity index is 3.15. The molecule has 0 aromatic heterocycles. The fraction of sp³-hybridized carbons (Fsp3) is 0. The van der Waals surface area contributed by atoms with Crippen LogP contribution in [0.3, 0.4) is 0 Å². The van der Waals surface area contributed by atoms with Gasteiger partial charge in [0.25, 0.3) is 0 Å². The van der Waals surface area contributed by atoms with Crippen molar-refractivity contribution in [1.29, 1.82) is 0 Å². The molecule has 0 bridgehead atoms. The molecule has 12 heavy (non-hydrogen) atoms. The summed E-state index contributed by atoms with van der Waals surface area (Å²) in [5.74, 6) is -1.12. The summed E-state index contributed by atoms with van der Waals surface area (Å²) < 4.78 is 12.7. The van der Waals surface area contributed by atoms with E-state index < -0.39 is 11.7 Å². The maximum Gasteiger partial charge on any atom is 0.248 e. The van der Waals surface area contributed by atoms with Crippen molar-refractivity contribution in [2.75, 3.05) is 0 Å². The molecule has 0 atom stereocenters. The van der Waals surface area contributed by atoms with E-state index in [1.807, 2.05) is 0 Å². The maximum absolute atomic E-state index is 12.7. The van der Waals surface area contributed by atoms with Crippen molar-refractivity contribution >= 4 is 28.4 Å². The highest BCUT2D eigenvalue weighted by Gasteiger charge is 2.04. The van der Waals surface area contributed by atoms with Gasteiger partial charge >= 0.3 is 0 Å². The second-order valence-electron chi connectivity index (χ2n) is 2.13. The molecule has 64 valence electrons. The van der Waals surface area contributed by atoms with Crippen LogP contribution in [0.4, 0.5) is 4.39 Å². The van der Waals surface area contributed by atoms with Crippen molar-refractivity contribution in [3.8, 4) is 0 Å². The number of amides is 1. The SMILES string of the molecule is NC(=O)c1cc(F)cc(SS)c1. The third kappa shape index (κ3) is 2.15. The second kappa shape index (κ2) is 3.82. The molecule has 2 nitrogen and oxygen atoms in total. The molecule has 0 radical (unpaired) electrons. The average Bonchev–Trinajstić information content (AvgIpc) is 2.03. The number of carbonyl (C=O) groups is 1. The van der Waals surface area contributed by atoms with E-state index in [0.717, 1.165) is 16.9 Å². The largest absolute Gasteiger partial charge is 0.366 e. The van der Waals surface area contributed by atoms with E-state index in [0.29, 0.717) is 4.90 Å². The highest BCUT2D eigenvalue weighted by molar-refractivity contribution is 8.68. The standard InChI is InChI=1S/C7H6FNOS2/c8-5-1-4(7(9)10)2-6(3-5)12-11/h1-3,11H,(H2,9,10). The third-order valence-corrected chi connectivity index (χ3v) is 2.34. The van der Waals surface area contributed by atoms with Crippen LogP contribution >= 0.6 is 22.5 Å². The van der Waals surface area contributed by atoms with Crippen LogP contribution in [0.5, 0.6) is 0 Å². The molecule has 0 unspecified atom stereocenters. The molecule has 0 aliphatic rings. The number of primary amides is 1. The van der Waals surface area contributed by atoms with Gasteiger partial charge in [-0.2, -0.15) is 0 Å². The Bertz CT molecular complexity index is 316. The molecule has 0 saturated heterocycles. The summed E-state index contributed by atoms with van der Waals surface area (Å²) in [5, 5.41) is 0. The van der Waals surface area contributed by atoms with E-state index in [-0.39, 0.29) is 5.56 Å². The first kappa shape index (κ1) is 9.41. The molecule has 1 aromatic carbocycles. The Kier molecular flexibility index (Phi) is 2.99. The number of rotatable bonds is 2. The Morgan fingerprint density at radius 2 is 2.17 bits per heavy atom. The lowest BCUT2D eigenvalue weighted by molar-refractivity contribution is 0.0999. The average molecular weight is 203 g/mol. The molecule has 0 aliphatic carbocycles. The molecule has 1 rings (SSSR count). The van der Waals surface area contributed by atoms with Crippen LogP contribution in [0.25, 0.3) is 0 Å². The molecule has 0 fully saturated rings. The predicted octanol–water partition coefficient (Wildman–Crippen LogP) is 1.86. The van der Waals surface area contributed by atoms with Crippen molar-refractivity contribution < 1.29 is 9.18 Å². The third-order valence-electron chi connectivity index (χ3n) is 1.26. The number of benzene rings is 1. The van der Waals surface area contributed by atoms with E-state index in [1.165, 1.54) is 12.1 Å². The summed E-state index contributed by atoms with van der Waals surface area (Å²) in [6, 6.07) is 3.86. The number of hydrogen-bond acceptors (Lipinski definition) is 3. The van der Waals surface area contributed by atoms with Crippen molar-refractivity contribution in [2.45, 2.75) is 4.90 Å². The highest BCUT2D eigenvalue weighted by atomic mass is 33.1. The molecule has 1 aromatic rings. The fourth-order valence-corrected chi connectivity index (χ4v) is 1.42.